The molecule has 108 valence electrons. The number of benzene rings is 1. The molecule has 2 amide bonds. The second-order valence-corrected chi connectivity index (χ2v) is 5.09. The lowest BCUT2D eigenvalue weighted by Gasteiger charge is -2.12. The average Bonchev–Trinajstić information content (AvgIpc) is 2.95. The fourth-order valence-corrected chi connectivity index (χ4v) is 2.18. The van der Waals surface area contributed by atoms with Crippen molar-refractivity contribution in [3.8, 4) is 0 Å². The second kappa shape index (κ2) is 6.72. The van der Waals surface area contributed by atoms with Gasteiger partial charge in [0.15, 0.2) is 0 Å². The molecular weight excluding hydrogens is 280 g/mol. The van der Waals surface area contributed by atoms with Crippen molar-refractivity contribution in [1.29, 1.82) is 0 Å². The van der Waals surface area contributed by atoms with Crippen LogP contribution in [0, 0.1) is 6.92 Å². The van der Waals surface area contributed by atoms with Gasteiger partial charge in [0.1, 0.15) is 6.10 Å². The van der Waals surface area contributed by atoms with Crippen molar-refractivity contribution in [3.05, 3.63) is 28.8 Å². The first kappa shape index (κ1) is 14.8. The molecule has 1 aliphatic rings. The molecule has 0 spiro atoms. The predicted octanol–water partition coefficient (Wildman–Crippen LogP) is 1.88. The SMILES string of the molecule is Cc1c(Cl)cccc1NC(=O)CNC(=O)C1CCCO1. The third-order valence-corrected chi connectivity index (χ3v) is 3.60. The molecular formula is C14H17ClN2O3. The standard InChI is InChI=1S/C14H17ClN2O3/c1-9-10(15)4-2-5-11(9)17-13(18)8-16-14(19)12-6-3-7-20-12/h2,4-5,12H,3,6-8H2,1H3,(H,16,19)(H,17,18). The average molecular weight is 297 g/mol. The number of anilines is 1. The number of halogens is 1. The maximum Gasteiger partial charge on any atom is 0.249 e. The quantitative estimate of drug-likeness (QED) is 0.891. The van der Waals surface area contributed by atoms with Gasteiger partial charge in [-0.15, -0.1) is 0 Å². The molecule has 1 saturated heterocycles. The molecule has 1 aliphatic heterocycles. The summed E-state index contributed by atoms with van der Waals surface area (Å²) in [7, 11) is 0. The topological polar surface area (TPSA) is 67.4 Å². The molecule has 0 saturated carbocycles. The Morgan fingerprint density at radius 1 is 1.45 bits per heavy atom. The van der Waals surface area contributed by atoms with Crippen LogP contribution >= 0.6 is 11.6 Å². The van der Waals surface area contributed by atoms with Crippen molar-refractivity contribution in [2.24, 2.45) is 0 Å². The van der Waals surface area contributed by atoms with E-state index < -0.39 is 6.10 Å². The monoisotopic (exact) mass is 296 g/mol. The van der Waals surface area contributed by atoms with Gasteiger partial charge in [0.05, 0.1) is 6.54 Å². The van der Waals surface area contributed by atoms with E-state index in [1.54, 1.807) is 18.2 Å². The van der Waals surface area contributed by atoms with Crippen LogP contribution in [0.15, 0.2) is 18.2 Å². The summed E-state index contributed by atoms with van der Waals surface area (Å²) in [4.78, 5) is 23.5. The van der Waals surface area contributed by atoms with Gasteiger partial charge in [-0.25, -0.2) is 0 Å². The van der Waals surface area contributed by atoms with Crippen molar-refractivity contribution in [1.82, 2.24) is 5.32 Å². The highest BCUT2D eigenvalue weighted by molar-refractivity contribution is 6.31. The van der Waals surface area contributed by atoms with Gasteiger partial charge < -0.3 is 15.4 Å². The summed E-state index contributed by atoms with van der Waals surface area (Å²) in [6.07, 6.45) is 1.17. The van der Waals surface area contributed by atoms with Crippen LogP contribution in [0.2, 0.25) is 5.02 Å². The van der Waals surface area contributed by atoms with Gasteiger partial charge in [-0.3, -0.25) is 9.59 Å². The fraction of sp³-hybridized carbons (Fsp3) is 0.429. The Morgan fingerprint density at radius 3 is 2.95 bits per heavy atom. The van der Waals surface area contributed by atoms with E-state index in [1.165, 1.54) is 0 Å². The number of amides is 2. The maximum absolute atomic E-state index is 11.8. The Morgan fingerprint density at radius 2 is 2.25 bits per heavy atom. The molecule has 0 radical (unpaired) electrons. The van der Waals surface area contributed by atoms with Crippen LogP contribution in [0.4, 0.5) is 5.69 Å². The van der Waals surface area contributed by atoms with E-state index in [2.05, 4.69) is 10.6 Å². The first-order valence-corrected chi connectivity index (χ1v) is 6.90. The molecule has 2 rings (SSSR count). The van der Waals surface area contributed by atoms with E-state index in [4.69, 9.17) is 16.3 Å². The summed E-state index contributed by atoms with van der Waals surface area (Å²) in [5.74, 6) is -0.526. The number of hydrogen-bond donors (Lipinski definition) is 2. The Hall–Kier alpha value is -1.59. The smallest absolute Gasteiger partial charge is 0.249 e. The molecule has 1 fully saturated rings. The van der Waals surface area contributed by atoms with E-state index in [0.29, 0.717) is 23.7 Å². The van der Waals surface area contributed by atoms with E-state index in [-0.39, 0.29) is 18.4 Å². The van der Waals surface area contributed by atoms with Crippen LogP contribution < -0.4 is 10.6 Å². The predicted molar refractivity (Wildman–Crippen MR) is 76.8 cm³/mol. The van der Waals surface area contributed by atoms with Crippen molar-refractivity contribution in [2.45, 2.75) is 25.9 Å². The Balaban J connectivity index is 1.83. The van der Waals surface area contributed by atoms with Crippen LogP contribution in [-0.2, 0) is 14.3 Å². The Kier molecular flexibility index (Phi) is 4.98. The van der Waals surface area contributed by atoms with Gasteiger partial charge >= 0.3 is 0 Å². The van der Waals surface area contributed by atoms with E-state index >= 15 is 0 Å². The van der Waals surface area contributed by atoms with Gasteiger partial charge in [-0.2, -0.15) is 0 Å². The van der Waals surface area contributed by atoms with E-state index in [0.717, 1.165) is 12.0 Å². The van der Waals surface area contributed by atoms with Crippen LogP contribution in [-0.4, -0.2) is 31.1 Å². The highest BCUT2D eigenvalue weighted by Crippen LogP contribution is 2.22. The van der Waals surface area contributed by atoms with Crippen LogP contribution in [0.25, 0.3) is 0 Å². The third kappa shape index (κ3) is 3.71. The summed E-state index contributed by atoms with van der Waals surface area (Å²) in [5, 5.41) is 5.88. The highest BCUT2D eigenvalue weighted by atomic mass is 35.5. The summed E-state index contributed by atoms with van der Waals surface area (Å²) in [6.45, 7) is 2.35. The van der Waals surface area contributed by atoms with Crippen LogP contribution in [0.3, 0.4) is 0 Å². The molecule has 1 heterocycles. The minimum Gasteiger partial charge on any atom is -0.368 e. The van der Waals surface area contributed by atoms with Crippen LogP contribution in [0.1, 0.15) is 18.4 Å². The maximum atomic E-state index is 11.8. The lowest BCUT2D eigenvalue weighted by atomic mass is 10.2. The zero-order valence-electron chi connectivity index (χ0n) is 11.2. The number of carbonyl (C=O) groups excluding carboxylic acids is 2. The molecule has 0 bridgehead atoms. The van der Waals surface area contributed by atoms with E-state index in [1.807, 2.05) is 6.92 Å². The third-order valence-electron chi connectivity index (χ3n) is 3.19. The first-order chi connectivity index (χ1) is 9.58. The van der Waals surface area contributed by atoms with Gasteiger partial charge in [-0.1, -0.05) is 17.7 Å². The zero-order valence-corrected chi connectivity index (χ0v) is 12.0. The van der Waals surface area contributed by atoms with Crippen molar-refractivity contribution < 1.29 is 14.3 Å². The van der Waals surface area contributed by atoms with Gasteiger partial charge in [0.2, 0.25) is 11.8 Å². The molecule has 0 aromatic heterocycles. The van der Waals surface area contributed by atoms with Crippen molar-refractivity contribution >= 4 is 29.1 Å². The molecule has 1 aromatic carbocycles. The lowest BCUT2D eigenvalue weighted by Crippen LogP contribution is -2.39. The Bertz CT molecular complexity index is 513. The first-order valence-electron chi connectivity index (χ1n) is 6.52. The lowest BCUT2D eigenvalue weighted by molar-refractivity contribution is -0.131. The largest absolute Gasteiger partial charge is 0.368 e. The van der Waals surface area contributed by atoms with Crippen molar-refractivity contribution in [3.63, 3.8) is 0 Å². The summed E-state index contributed by atoms with van der Waals surface area (Å²) >= 11 is 5.97. The molecule has 20 heavy (non-hydrogen) atoms. The molecule has 6 heteroatoms. The normalized spacial score (nSPS) is 17.8. The van der Waals surface area contributed by atoms with Crippen molar-refractivity contribution in [2.75, 3.05) is 18.5 Å². The van der Waals surface area contributed by atoms with Gasteiger partial charge in [0, 0.05) is 17.3 Å². The molecule has 1 unspecified atom stereocenters. The van der Waals surface area contributed by atoms with Gasteiger partial charge in [-0.05, 0) is 37.5 Å². The molecule has 1 aromatic rings. The minimum absolute atomic E-state index is 0.0787. The molecule has 1 atom stereocenters. The Labute approximate surface area is 122 Å². The highest BCUT2D eigenvalue weighted by Gasteiger charge is 2.23. The minimum atomic E-state index is -0.421. The number of rotatable bonds is 4. The van der Waals surface area contributed by atoms with E-state index in [9.17, 15) is 9.59 Å². The fourth-order valence-electron chi connectivity index (χ4n) is 2.00. The summed E-state index contributed by atoms with van der Waals surface area (Å²) in [5.41, 5.74) is 1.45. The second-order valence-electron chi connectivity index (χ2n) is 4.68. The summed E-state index contributed by atoms with van der Waals surface area (Å²) < 4.78 is 5.24. The summed E-state index contributed by atoms with van der Waals surface area (Å²) in [6, 6.07) is 5.28. The molecule has 0 aliphatic carbocycles. The number of nitrogens with one attached hydrogen (secondary N) is 2. The number of hydrogen-bond acceptors (Lipinski definition) is 3. The van der Waals surface area contributed by atoms with Gasteiger partial charge in [0.25, 0.3) is 0 Å². The zero-order chi connectivity index (χ0) is 14.5. The molecule has 5 nitrogen and oxygen atoms in total. The molecule has 2 N–H and O–H groups in total. The number of carbonyl (C=O) groups is 2. The number of ether oxygens (including phenoxy) is 1. The van der Waals surface area contributed by atoms with Crippen LogP contribution in [0.5, 0.6) is 0 Å².